The van der Waals surface area contributed by atoms with Crippen LogP contribution in [0.15, 0.2) is 0 Å². The molecule has 0 aromatic carbocycles. The smallest absolute Gasteiger partial charge is 0.0526 e. The van der Waals surface area contributed by atoms with Crippen molar-refractivity contribution >= 4 is 0 Å². The Morgan fingerprint density at radius 1 is 1.25 bits per heavy atom. The zero-order valence-corrected chi connectivity index (χ0v) is 8.80. The van der Waals surface area contributed by atoms with Crippen LogP contribution >= 0.6 is 0 Å². The predicted octanol–water partition coefficient (Wildman–Crippen LogP) is 1.78. The fourth-order valence-corrected chi connectivity index (χ4v) is 1.14. The average molecular weight is 173 g/mol. The van der Waals surface area contributed by atoms with Gasteiger partial charge in [0.1, 0.15) is 0 Å². The van der Waals surface area contributed by atoms with Crippen LogP contribution < -0.4 is 5.32 Å². The Labute approximate surface area is 76.4 Å². The van der Waals surface area contributed by atoms with Gasteiger partial charge in [0.05, 0.1) is 6.10 Å². The molecule has 0 radical (unpaired) electrons. The van der Waals surface area contributed by atoms with Crippen molar-refractivity contribution in [2.75, 3.05) is 6.54 Å². The molecule has 0 aliphatic heterocycles. The van der Waals surface area contributed by atoms with Crippen LogP contribution in [0.4, 0.5) is 0 Å². The molecule has 2 N–H and O–H groups in total. The summed E-state index contributed by atoms with van der Waals surface area (Å²) in [5.74, 6) is 0.737. The maximum atomic E-state index is 9.11. The lowest BCUT2D eigenvalue weighted by Crippen LogP contribution is -2.32. The molecule has 0 saturated carbocycles. The highest BCUT2D eigenvalue weighted by molar-refractivity contribution is 4.65. The van der Waals surface area contributed by atoms with E-state index in [0.29, 0.717) is 6.04 Å². The second-order valence-corrected chi connectivity index (χ2v) is 3.91. The molecule has 0 aliphatic rings. The van der Waals surface area contributed by atoms with E-state index in [1.165, 1.54) is 6.42 Å². The number of rotatable bonds is 6. The first-order chi connectivity index (χ1) is 5.56. The Hall–Kier alpha value is -0.0800. The molecule has 0 spiro atoms. The summed E-state index contributed by atoms with van der Waals surface area (Å²) in [6.45, 7) is 9.45. The molecule has 0 rings (SSSR count). The van der Waals surface area contributed by atoms with Crippen LogP contribution in [0.3, 0.4) is 0 Å². The number of nitrogens with one attached hydrogen (secondary N) is 1. The summed E-state index contributed by atoms with van der Waals surface area (Å²) in [6, 6.07) is 0.430. The van der Waals surface area contributed by atoms with Gasteiger partial charge < -0.3 is 10.4 Å². The van der Waals surface area contributed by atoms with Gasteiger partial charge in [0.15, 0.2) is 0 Å². The van der Waals surface area contributed by atoms with Gasteiger partial charge in [-0.25, -0.2) is 0 Å². The molecule has 2 nitrogen and oxygen atoms in total. The molecule has 3 unspecified atom stereocenters. The minimum atomic E-state index is -0.190. The van der Waals surface area contributed by atoms with Crippen LogP contribution in [0.1, 0.15) is 40.5 Å². The van der Waals surface area contributed by atoms with Crippen LogP contribution in [0.5, 0.6) is 0 Å². The van der Waals surface area contributed by atoms with Gasteiger partial charge in [-0.15, -0.1) is 0 Å². The van der Waals surface area contributed by atoms with Crippen LogP contribution in [0.25, 0.3) is 0 Å². The van der Waals surface area contributed by atoms with E-state index >= 15 is 0 Å². The van der Waals surface area contributed by atoms with Crippen molar-refractivity contribution in [3.05, 3.63) is 0 Å². The van der Waals surface area contributed by atoms with Gasteiger partial charge in [0.25, 0.3) is 0 Å². The SMILES string of the molecule is CCC(C)CNC(C)CC(C)O. The van der Waals surface area contributed by atoms with E-state index in [0.717, 1.165) is 18.9 Å². The Morgan fingerprint density at radius 3 is 2.25 bits per heavy atom. The summed E-state index contributed by atoms with van der Waals surface area (Å²) in [5.41, 5.74) is 0. The average Bonchev–Trinajstić information content (AvgIpc) is 1.99. The highest BCUT2D eigenvalue weighted by Crippen LogP contribution is 2.01. The van der Waals surface area contributed by atoms with E-state index in [1.54, 1.807) is 0 Å². The molecule has 0 saturated heterocycles. The van der Waals surface area contributed by atoms with Gasteiger partial charge in [-0.3, -0.25) is 0 Å². The maximum absolute atomic E-state index is 9.11. The van der Waals surface area contributed by atoms with E-state index in [9.17, 15) is 0 Å². The summed E-state index contributed by atoms with van der Waals surface area (Å²) in [4.78, 5) is 0. The second kappa shape index (κ2) is 6.44. The molecular weight excluding hydrogens is 150 g/mol. The molecule has 74 valence electrons. The first-order valence-corrected chi connectivity index (χ1v) is 4.97. The molecule has 0 aromatic rings. The highest BCUT2D eigenvalue weighted by Gasteiger charge is 2.06. The fraction of sp³-hybridized carbons (Fsp3) is 1.00. The quantitative estimate of drug-likeness (QED) is 0.641. The summed E-state index contributed by atoms with van der Waals surface area (Å²) in [5, 5.41) is 12.5. The van der Waals surface area contributed by atoms with Crippen molar-refractivity contribution in [3.63, 3.8) is 0 Å². The lowest BCUT2D eigenvalue weighted by molar-refractivity contribution is 0.169. The van der Waals surface area contributed by atoms with Crippen molar-refractivity contribution in [1.82, 2.24) is 5.32 Å². The predicted molar refractivity (Wildman–Crippen MR) is 53.2 cm³/mol. The Balaban J connectivity index is 3.36. The Bertz CT molecular complexity index is 104. The number of aliphatic hydroxyl groups is 1. The lowest BCUT2D eigenvalue weighted by Gasteiger charge is -2.17. The van der Waals surface area contributed by atoms with Crippen molar-refractivity contribution in [3.8, 4) is 0 Å². The van der Waals surface area contributed by atoms with Crippen LogP contribution in [0, 0.1) is 5.92 Å². The topological polar surface area (TPSA) is 32.3 Å². The minimum Gasteiger partial charge on any atom is -0.393 e. The summed E-state index contributed by atoms with van der Waals surface area (Å²) < 4.78 is 0. The lowest BCUT2D eigenvalue weighted by atomic mass is 10.1. The third-order valence-corrected chi connectivity index (χ3v) is 2.21. The summed E-state index contributed by atoms with van der Waals surface area (Å²) >= 11 is 0. The molecule has 2 heteroatoms. The van der Waals surface area contributed by atoms with Gasteiger partial charge >= 0.3 is 0 Å². The molecule has 0 aliphatic carbocycles. The van der Waals surface area contributed by atoms with Gasteiger partial charge in [-0.05, 0) is 32.7 Å². The van der Waals surface area contributed by atoms with E-state index in [1.807, 2.05) is 6.92 Å². The first-order valence-electron chi connectivity index (χ1n) is 4.97. The van der Waals surface area contributed by atoms with Crippen molar-refractivity contribution < 1.29 is 5.11 Å². The van der Waals surface area contributed by atoms with Gasteiger partial charge in [-0.1, -0.05) is 20.3 Å². The molecule has 0 heterocycles. The zero-order chi connectivity index (χ0) is 9.56. The van der Waals surface area contributed by atoms with Gasteiger partial charge in [0, 0.05) is 6.04 Å². The molecule has 0 amide bonds. The standard InChI is InChI=1S/C10H23NO/c1-5-8(2)7-11-9(3)6-10(4)12/h8-12H,5-7H2,1-4H3. The van der Waals surface area contributed by atoms with E-state index < -0.39 is 0 Å². The third-order valence-electron chi connectivity index (χ3n) is 2.21. The van der Waals surface area contributed by atoms with Crippen LogP contribution in [-0.2, 0) is 0 Å². The Morgan fingerprint density at radius 2 is 1.83 bits per heavy atom. The van der Waals surface area contributed by atoms with E-state index in [2.05, 4.69) is 26.1 Å². The molecular formula is C10H23NO. The van der Waals surface area contributed by atoms with Crippen LogP contribution in [-0.4, -0.2) is 23.8 Å². The highest BCUT2D eigenvalue weighted by atomic mass is 16.3. The fourth-order valence-electron chi connectivity index (χ4n) is 1.14. The molecule has 0 fully saturated rings. The largest absolute Gasteiger partial charge is 0.393 e. The summed E-state index contributed by atoms with van der Waals surface area (Å²) in [6.07, 6.45) is 1.87. The summed E-state index contributed by atoms with van der Waals surface area (Å²) in [7, 11) is 0. The normalized spacial score (nSPS) is 18.8. The number of hydrogen-bond donors (Lipinski definition) is 2. The zero-order valence-electron chi connectivity index (χ0n) is 8.80. The molecule has 0 aromatic heterocycles. The third kappa shape index (κ3) is 6.62. The number of aliphatic hydroxyl groups excluding tert-OH is 1. The van der Waals surface area contributed by atoms with Crippen molar-refractivity contribution in [2.24, 2.45) is 5.92 Å². The molecule has 12 heavy (non-hydrogen) atoms. The van der Waals surface area contributed by atoms with E-state index in [-0.39, 0.29) is 6.10 Å². The van der Waals surface area contributed by atoms with E-state index in [4.69, 9.17) is 5.11 Å². The van der Waals surface area contributed by atoms with Crippen molar-refractivity contribution in [2.45, 2.75) is 52.7 Å². The van der Waals surface area contributed by atoms with Crippen LogP contribution in [0.2, 0.25) is 0 Å². The molecule has 0 bridgehead atoms. The van der Waals surface area contributed by atoms with Gasteiger partial charge in [-0.2, -0.15) is 0 Å². The first kappa shape index (κ1) is 11.9. The Kier molecular flexibility index (Phi) is 6.39. The van der Waals surface area contributed by atoms with Crippen molar-refractivity contribution in [1.29, 1.82) is 0 Å². The minimum absolute atomic E-state index is 0.190. The maximum Gasteiger partial charge on any atom is 0.0526 e. The molecule has 3 atom stereocenters. The second-order valence-electron chi connectivity index (χ2n) is 3.91. The number of hydrogen-bond acceptors (Lipinski definition) is 2. The van der Waals surface area contributed by atoms with Gasteiger partial charge in [0.2, 0.25) is 0 Å². The monoisotopic (exact) mass is 173 g/mol.